The number of nitrogens with zero attached hydrogens (tertiary/aromatic N) is 4. The Bertz CT molecular complexity index is 1480. The number of aryl methyl sites for hydroxylation is 2. The van der Waals surface area contributed by atoms with Crippen LogP contribution in [-0.4, -0.2) is 41.7 Å². The largest absolute Gasteiger partial charge is 0.279 e. The van der Waals surface area contributed by atoms with Crippen molar-refractivity contribution < 1.29 is 13.2 Å². The van der Waals surface area contributed by atoms with E-state index in [9.17, 15) is 13.2 Å². The summed E-state index contributed by atoms with van der Waals surface area (Å²) in [5.74, 6) is -0.243. The summed E-state index contributed by atoms with van der Waals surface area (Å²) in [7, 11) is -3.54. The molecule has 0 radical (unpaired) electrons. The van der Waals surface area contributed by atoms with Crippen LogP contribution >= 0.6 is 11.3 Å². The molecule has 1 aliphatic rings. The zero-order valence-electron chi connectivity index (χ0n) is 19.6. The van der Waals surface area contributed by atoms with Crippen molar-refractivity contribution in [2.75, 3.05) is 18.0 Å². The highest BCUT2D eigenvalue weighted by atomic mass is 32.2. The summed E-state index contributed by atoms with van der Waals surface area (Å²) in [6, 6.07) is 14.1. The Morgan fingerprint density at radius 3 is 2.51 bits per heavy atom. The van der Waals surface area contributed by atoms with Crippen molar-refractivity contribution in [3.8, 4) is 0 Å². The minimum Gasteiger partial charge on any atom is -0.279 e. The second-order valence-corrected chi connectivity index (χ2v) is 11.7. The van der Waals surface area contributed by atoms with Gasteiger partial charge in [0.25, 0.3) is 5.91 Å². The average Bonchev–Trinajstić information content (AvgIpc) is 3.54. The van der Waals surface area contributed by atoms with Crippen LogP contribution in [0.1, 0.15) is 39.9 Å². The summed E-state index contributed by atoms with van der Waals surface area (Å²) in [4.78, 5) is 24.5. The monoisotopic (exact) mass is 506 g/mol. The first-order valence-electron chi connectivity index (χ1n) is 11.5. The van der Waals surface area contributed by atoms with Crippen molar-refractivity contribution in [2.45, 2.75) is 38.1 Å². The van der Waals surface area contributed by atoms with Crippen LogP contribution in [0.5, 0.6) is 0 Å². The van der Waals surface area contributed by atoms with E-state index in [-0.39, 0.29) is 10.8 Å². The first-order chi connectivity index (χ1) is 16.8. The average molecular weight is 507 g/mol. The summed E-state index contributed by atoms with van der Waals surface area (Å²) >= 11 is 1.48. The predicted molar refractivity (Wildman–Crippen MR) is 138 cm³/mol. The van der Waals surface area contributed by atoms with Crippen LogP contribution in [0.15, 0.2) is 65.8 Å². The third kappa shape index (κ3) is 4.71. The SMILES string of the molecule is Cc1cc(C)c2sc(N(Cc3cccnc3)C(=O)c3ccc(S(=O)(=O)N4CCCC4)cc3)nc2c1. The number of benzene rings is 2. The number of sulfonamides is 1. The number of pyridine rings is 1. The molecule has 4 aromatic rings. The topological polar surface area (TPSA) is 83.5 Å². The molecule has 0 atom stereocenters. The van der Waals surface area contributed by atoms with Crippen LogP contribution in [0, 0.1) is 13.8 Å². The minimum atomic E-state index is -3.54. The molecular weight excluding hydrogens is 480 g/mol. The van der Waals surface area contributed by atoms with Crippen LogP contribution in [0.4, 0.5) is 5.13 Å². The number of fused-ring (bicyclic) bond motifs is 1. The number of carbonyl (C=O) groups is 1. The van der Waals surface area contributed by atoms with Crippen LogP contribution in [0.25, 0.3) is 10.2 Å². The highest BCUT2D eigenvalue weighted by Crippen LogP contribution is 2.34. The maximum atomic E-state index is 13.7. The first-order valence-corrected chi connectivity index (χ1v) is 13.8. The van der Waals surface area contributed by atoms with E-state index < -0.39 is 10.0 Å². The van der Waals surface area contributed by atoms with Gasteiger partial charge in [0.05, 0.1) is 21.7 Å². The number of hydrogen-bond donors (Lipinski definition) is 0. The lowest BCUT2D eigenvalue weighted by molar-refractivity contribution is 0.0985. The van der Waals surface area contributed by atoms with E-state index in [0.29, 0.717) is 30.3 Å². The molecule has 35 heavy (non-hydrogen) atoms. The highest BCUT2D eigenvalue weighted by Gasteiger charge is 2.28. The van der Waals surface area contributed by atoms with Gasteiger partial charge in [-0.1, -0.05) is 23.5 Å². The zero-order valence-corrected chi connectivity index (χ0v) is 21.3. The quantitative estimate of drug-likeness (QED) is 0.370. The molecule has 5 rings (SSSR count). The van der Waals surface area contributed by atoms with E-state index in [1.54, 1.807) is 29.4 Å². The van der Waals surface area contributed by atoms with Gasteiger partial charge in [-0.2, -0.15) is 4.31 Å². The van der Waals surface area contributed by atoms with Crippen LogP contribution in [0.3, 0.4) is 0 Å². The standard InChI is InChI=1S/C26H26N4O3S2/c1-18-14-19(2)24-23(15-18)28-26(34-24)30(17-20-6-5-11-27-16-20)25(31)21-7-9-22(10-8-21)35(32,33)29-12-3-4-13-29/h5-11,14-16H,3-4,12-13,17H2,1-2H3. The first kappa shape index (κ1) is 23.6. The minimum absolute atomic E-state index is 0.209. The van der Waals surface area contributed by atoms with E-state index >= 15 is 0 Å². The Kier molecular flexibility index (Phi) is 6.39. The smallest absolute Gasteiger partial charge is 0.260 e. The molecule has 1 aliphatic heterocycles. The molecule has 1 amide bonds. The fraction of sp³-hybridized carbons (Fsp3) is 0.269. The second kappa shape index (κ2) is 9.49. The molecule has 7 nitrogen and oxygen atoms in total. The van der Waals surface area contributed by atoms with Gasteiger partial charge in [0, 0.05) is 31.0 Å². The van der Waals surface area contributed by atoms with Crippen molar-refractivity contribution in [1.29, 1.82) is 0 Å². The third-order valence-electron chi connectivity index (χ3n) is 6.15. The molecular formula is C26H26N4O3S2. The van der Waals surface area contributed by atoms with Gasteiger partial charge in [-0.3, -0.25) is 14.7 Å². The van der Waals surface area contributed by atoms with Crippen LogP contribution < -0.4 is 4.90 Å². The Labute approximate surface area is 209 Å². The lowest BCUT2D eigenvalue weighted by atomic mass is 10.1. The molecule has 2 aromatic heterocycles. The molecule has 0 bridgehead atoms. The maximum absolute atomic E-state index is 13.7. The molecule has 0 N–H and O–H groups in total. The Hall–Kier alpha value is -3.14. The Morgan fingerprint density at radius 2 is 1.83 bits per heavy atom. The fourth-order valence-electron chi connectivity index (χ4n) is 4.38. The van der Waals surface area contributed by atoms with E-state index in [1.807, 2.05) is 32.0 Å². The van der Waals surface area contributed by atoms with Gasteiger partial charge < -0.3 is 0 Å². The van der Waals surface area contributed by atoms with Gasteiger partial charge in [0.15, 0.2) is 5.13 Å². The molecule has 3 heterocycles. The third-order valence-corrected chi connectivity index (χ3v) is 9.29. The molecule has 9 heteroatoms. The summed E-state index contributed by atoms with van der Waals surface area (Å²) in [5.41, 5.74) is 4.38. The maximum Gasteiger partial charge on any atom is 0.260 e. The molecule has 1 saturated heterocycles. The normalized spacial score (nSPS) is 14.5. The lowest BCUT2D eigenvalue weighted by Gasteiger charge is -2.20. The Balaban J connectivity index is 1.50. The van der Waals surface area contributed by atoms with Crippen LogP contribution in [0.2, 0.25) is 0 Å². The van der Waals surface area contributed by atoms with E-state index in [4.69, 9.17) is 4.98 Å². The molecule has 0 saturated carbocycles. The fourth-order valence-corrected chi connectivity index (χ4v) is 6.91. The highest BCUT2D eigenvalue weighted by molar-refractivity contribution is 7.89. The second-order valence-electron chi connectivity index (χ2n) is 8.81. The van der Waals surface area contributed by atoms with Gasteiger partial charge in [0.2, 0.25) is 10.0 Å². The van der Waals surface area contributed by atoms with E-state index in [0.717, 1.165) is 39.7 Å². The van der Waals surface area contributed by atoms with Gasteiger partial charge in [-0.05, 0) is 79.8 Å². The lowest BCUT2D eigenvalue weighted by Crippen LogP contribution is -2.30. The number of hydrogen-bond acceptors (Lipinski definition) is 6. The van der Waals surface area contributed by atoms with E-state index in [2.05, 4.69) is 11.1 Å². The number of aromatic nitrogens is 2. The van der Waals surface area contributed by atoms with Gasteiger partial charge in [0.1, 0.15) is 0 Å². The van der Waals surface area contributed by atoms with Gasteiger partial charge in [-0.15, -0.1) is 0 Å². The summed E-state index contributed by atoms with van der Waals surface area (Å²) in [5, 5.41) is 0.594. The predicted octanol–water partition coefficient (Wildman–Crippen LogP) is 4.94. The summed E-state index contributed by atoms with van der Waals surface area (Å²) < 4.78 is 28.3. The summed E-state index contributed by atoms with van der Waals surface area (Å²) in [6.07, 6.45) is 5.17. The number of rotatable bonds is 6. The van der Waals surface area contributed by atoms with Crippen molar-refractivity contribution in [3.63, 3.8) is 0 Å². The summed E-state index contributed by atoms with van der Waals surface area (Å²) in [6.45, 7) is 5.46. The van der Waals surface area contributed by atoms with Gasteiger partial charge in [-0.25, -0.2) is 13.4 Å². The number of thiazole rings is 1. The number of carbonyl (C=O) groups excluding carboxylic acids is 1. The van der Waals surface area contributed by atoms with Crippen molar-refractivity contribution in [3.05, 3.63) is 83.2 Å². The zero-order chi connectivity index (χ0) is 24.6. The Morgan fingerprint density at radius 1 is 1.09 bits per heavy atom. The van der Waals surface area contributed by atoms with Crippen molar-refractivity contribution >= 4 is 42.6 Å². The van der Waals surface area contributed by atoms with E-state index in [1.165, 1.54) is 27.8 Å². The van der Waals surface area contributed by atoms with Crippen LogP contribution in [-0.2, 0) is 16.6 Å². The molecule has 0 unspecified atom stereocenters. The number of amides is 1. The van der Waals surface area contributed by atoms with Gasteiger partial charge >= 0.3 is 0 Å². The molecule has 2 aromatic carbocycles. The van der Waals surface area contributed by atoms with Crippen molar-refractivity contribution in [2.24, 2.45) is 0 Å². The molecule has 0 spiro atoms. The molecule has 0 aliphatic carbocycles. The molecule has 1 fully saturated rings. The number of anilines is 1. The molecule has 180 valence electrons. The van der Waals surface area contributed by atoms with Crippen molar-refractivity contribution in [1.82, 2.24) is 14.3 Å².